The Hall–Kier alpha value is 0.180. The zero-order valence-electron chi connectivity index (χ0n) is 12.8. The summed E-state index contributed by atoms with van der Waals surface area (Å²) in [6.07, 6.45) is 12.5. The maximum Gasteiger partial charge on any atom is 0.0701 e. The van der Waals surface area contributed by atoms with Gasteiger partial charge in [-0.15, -0.1) is 11.3 Å². The van der Waals surface area contributed by atoms with Crippen LogP contribution in [-0.2, 0) is 6.42 Å². The number of rotatable bonds is 9. The second-order valence-corrected chi connectivity index (χ2v) is 9.29. The van der Waals surface area contributed by atoms with Crippen LogP contribution in [-0.4, -0.2) is 0 Å². The van der Waals surface area contributed by atoms with Gasteiger partial charge in [-0.05, 0) is 52.7 Å². The molecule has 0 aliphatic heterocycles. The van der Waals surface area contributed by atoms with E-state index in [-0.39, 0.29) is 0 Å². The number of aryl methyl sites for hydroxylation is 1. The van der Waals surface area contributed by atoms with Crippen molar-refractivity contribution in [3.05, 3.63) is 20.8 Å². The van der Waals surface area contributed by atoms with E-state index in [2.05, 4.69) is 48.8 Å². The van der Waals surface area contributed by atoms with Gasteiger partial charge in [-0.2, -0.15) is 0 Å². The van der Waals surface area contributed by atoms with Crippen molar-refractivity contribution in [3.8, 4) is 0 Å². The van der Waals surface area contributed by atoms with Crippen molar-refractivity contribution in [3.63, 3.8) is 0 Å². The normalized spacial score (nSPS) is 12.0. The highest BCUT2D eigenvalue weighted by Gasteiger charge is 2.08. The van der Waals surface area contributed by atoms with Gasteiger partial charge in [0.25, 0.3) is 0 Å². The lowest BCUT2D eigenvalue weighted by Crippen LogP contribution is -2.03. The maximum atomic E-state index is 3.52. The van der Waals surface area contributed by atoms with Crippen LogP contribution in [0.1, 0.15) is 77.0 Å². The molecule has 2 heteroatoms. The number of unbranched alkanes of at least 4 members (excludes halogenated alkanes) is 6. The molecule has 0 atom stereocenters. The van der Waals surface area contributed by atoms with Crippen LogP contribution in [0.3, 0.4) is 0 Å². The topological polar surface area (TPSA) is 0 Å². The van der Waals surface area contributed by atoms with E-state index in [1.807, 2.05) is 11.3 Å². The Morgan fingerprint density at radius 3 is 2.00 bits per heavy atom. The molecule has 0 N–H and O–H groups in total. The smallest absolute Gasteiger partial charge is 0.0701 e. The first-order valence-electron chi connectivity index (χ1n) is 7.72. The van der Waals surface area contributed by atoms with Crippen LogP contribution in [0.25, 0.3) is 0 Å². The molecule has 0 amide bonds. The van der Waals surface area contributed by atoms with E-state index in [0.717, 1.165) is 0 Å². The Kier molecular flexibility index (Phi) is 8.32. The van der Waals surface area contributed by atoms with E-state index in [1.54, 1.807) is 0 Å². The molecule has 0 bridgehead atoms. The summed E-state index contributed by atoms with van der Waals surface area (Å²) in [5.74, 6) is 0. The van der Waals surface area contributed by atoms with Gasteiger partial charge in [0.2, 0.25) is 0 Å². The molecule has 0 saturated carbocycles. The molecule has 1 rings (SSSR count). The van der Waals surface area contributed by atoms with Crippen LogP contribution in [0, 0.1) is 5.41 Å². The lowest BCUT2D eigenvalue weighted by atomic mass is 9.89. The van der Waals surface area contributed by atoms with Crippen molar-refractivity contribution in [2.45, 2.75) is 78.6 Å². The van der Waals surface area contributed by atoms with Crippen molar-refractivity contribution >= 4 is 27.3 Å². The van der Waals surface area contributed by atoms with Gasteiger partial charge < -0.3 is 0 Å². The zero-order chi connectivity index (χ0) is 14.1. The molecule has 19 heavy (non-hydrogen) atoms. The average molecular weight is 345 g/mol. The van der Waals surface area contributed by atoms with Gasteiger partial charge >= 0.3 is 0 Å². The molecule has 0 radical (unpaired) electrons. The Balaban J connectivity index is 1.86. The summed E-state index contributed by atoms with van der Waals surface area (Å²) in [5.41, 5.74) is 0.523. The van der Waals surface area contributed by atoms with Crippen LogP contribution in [0.2, 0.25) is 0 Å². The fourth-order valence-corrected chi connectivity index (χ4v) is 3.85. The highest BCUT2D eigenvalue weighted by atomic mass is 79.9. The number of thiophene rings is 1. The van der Waals surface area contributed by atoms with E-state index in [4.69, 9.17) is 0 Å². The molecule has 0 aliphatic rings. The average Bonchev–Trinajstić information content (AvgIpc) is 2.71. The first-order valence-corrected chi connectivity index (χ1v) is 9.32. The molecule has 0 unspecified atom stereocenters. The molecule has 1 heterocycles. The summed E-state index contributed by atoms with van der Waals surface area (Å²) in [6, 6.07) is 4.41. The fraction of sp³-hybridized carbons (Fsp3) is 0.765. The minimum atomic E-state index is 0.523. The van der Waals surface area contributed by atoms with Gasteiger partial charge in [0.1, 0.15) is 0 Å². The maximum absolute atomic E-state index is 3.52. The third-order valence-corrected chi connectivity index (χ3v) is 5.16. The van der Waals surface area contributed by atoms with Crippen LogP contribution < -0.4 is 0 Å². The highest BCUT2D eigenvalue weighted by Crippen LogP contribution is 2.24. The van der Waals surface area contributed by atoms with Crippen LogP contribution in [0.5, 0.6) is 0 Å². The molecule has 1 aromatic heterocycles. The minimum absolute atomic E-state index is 0.523. The largest absolute Gasteiger partial charge is 0.133 e. The standard InChI is InChI=1S/C17H29BrS/c1-17(2,3)14-10-8-6-4-5-7-9-11-15-12-13-16(18)19-15/h12-13H,4-11,14H2,1-3H3. The van der Waals surface area contributed by atoms with E-state index in [0.29, 0.717) is 5.41 Å². The second-order valence-electron chi connectivity index (χ2n) is 6.74. The Labute approximate surface area is 132 Å². The molecule has 110 valence electrons. The monoisotopic (exact) mass is 344 g/mol. The quantitative estimate of drug-likeness (QED) is 0.414. The second kappa shape index (κ2) is 9.18. The summed E-state index contributed by atoms with van der Waals surface area (Å²) in [7, 11) is 0. The lowest BCUT2D eigenvalue weighted by molar-refractivity contribution is 0.356. The van der Waals surface area contributed by atoms with Gasteiger partial charge in [-0.1, -0.05) is 59.3 Å². The van der Waals surface area contributed by atoms with Gasteiger partial charge in [0.05, 0.1) is 3.79 Å². The third kappa shape index (κ3) is 9.67. The molecule has 0 aromatic carbocycles. The van der Waals surface area contributed by atoms with Crippen molar-refractivity contribution in [1.82, 2.24) is 0 Å². The summed E-state index contributed by atoms with van der Waals surface area (Å²) >= 11 is 5.40. The van der Waals surface area contributed by atoms with Crippen molar-refractivity contribution in [1.29, 1.82) is 0 Å². The van der Waals surface area contributed by atoms with E-state index in [9.17, 15) is 0 Å². The molecule has 0 spiro atoms. The Morgan fingerprint density at radius 1 is 0.895 bits per heavy atom. The lowest BCUT2D eigenvalue weighted by Gasteiger charge is -2.17. The van der Waals surface area contributed by atoms with Crippen LogP contribution in [0.4, 0.5) is 0 Å². The molecule has 0 fully saturated rings. The molecule has 1 aromatic rings. The van der Waals surface area contributed by atoms with Gasteiger partial charge in [-0.25, -0.2) is 0 Å². The van der Waals surface area contributed by atoms with Crippen molar-refractivity contribution in [2.24, 2.45) is 5.41 Å². The predicted molar refractivity (Wildman–Crippen MR) is 92.1 cm³/mol. The molecule has 0 nitrogen and oxygen atoms in total. The van der Waals surface area contributed by atoms with Crippen molar-refractivity contribution < 1.29 is 0 Å². The SMILES string of the molecule is CC(C)(C)CCCCCCCCCc1ccc(Br)s1. The van der Waals surface area contributed by atoms with E-state index >= 15 is 0 Å². The third-order valence-electron chi connectivity index (χ3n) is 3.48. The van der Waals surface area contributed by atoms with Crippen molar-refractivity contribution in [2.75, 3.05) is 0 Å². The van der Waals surface area contributed by atoms with Crippen LogP contribution in [0.15, 0.2) is 15.9 Å². The van der Waals surface area contributed by atoms with Crippen LogP contribution >= 0.6 is 27.3 Å². The first-order chi connectivity index (χ1) is 8.97. The summed E-state index contributed by atoms with van der Waals surface area (Å²) in [6.45, 7) is 7.03. The summed E-state index contributed by atoms with van der Waals surface area (Å²) < 4.78 is 1.27. The first kappa shape index (κ1) is 17.2. The Bertz CT molecular complexity index is 335. The molecular formula is C17H29BrS. The Morgan fingerprint density at radius 2 is 1.47 bits per heavy atom. The van der Waals surface area contributed by atoms with Gasteiger partial charge in [0.15, 0.2) is 0 Å². The summed E-state index contributed by atoms with van der Waals surface area (Å²) in [5, 5.41) is 0. The highest BCUT2D eigenvalue weighted by molar-refractivity contribution is 9.11. The van der Waals surface area contributed by atoms with Gasteiger partial charge in [0, 0.05) is 4.88 Å². The van der Waals surface area contributed by atoms with Gasteiger partial charge in [-0.3, -0.25) is 0 Å². The minimum Gasteiger partial charge on any atom is -0.133 e. The van der Waals surface area contributed by atoms with E-state index < -0.39 is 0 Å². The number of hydrogen-bond acceptors (Lipinski definition) is 1. The molecule has 0 aliphatic carbocycles. The molecule has 0 saturated heterocycles. The number of hydrogen-bond donors (Lipinski definition) is 0. The van der Waals surface area contributed by atoms with E-state index in [1.165, 1.54) is 66.5 Å². The number of halogens is 1. The summed E-state index contributed by atoms with van der Waals surface area (Å²) in [4.78, 5) is 1.53. The predicted octanol–water partition coefficient (Wildman–Crippen LogP) is 7.22. The molecular weight excluding hydrogens is 316 g/mol. The zero-order valence-corrected chi connectivity index (χ0v) is 15.2. The fourth-order valence-electron chi connectivity index (χ4n) is 2.32.